The molecule has 2 rings (SSSR count). The highest BCUT2D eigenvalue weighted by atomic mass is 16.7. The molecule has 1 aliphatic carbocycles. The maximum atomic E-state index is 12.1. The van der Waals surface area contributed by atoms with Gasteiger partial charge < -0.3 is 26.7 Å². The summed E-state index contributed by atoms with van der Waals surface area (Å²) in [6, 6.07) is 6.81. The molecule has 0 aliphatic heterocycles. The molecule has 1 aliphatic rings. The number of rotatable bonds is 10. The number of nitrogens with zero attached hydrogens (tertiary/aromatic N) is 1. The van der Waals surface area contributed by atoms with Gasteiger partial charge in [0, 0.05) is 12.5 Å². The van der Waals surface area contributed by atoms with Crippen LogP contribution in [0.4, 0.5) is 0 Å². The Morgan fingerprint density at radius 1 is 1.37 bits per heavy atom. The minimum absolute atomic E-state index is 0.115. The number of nitrogens with one attached hydrogen (secondary N) is 2. The first kappa shape index (κ1) is 23.3. The number of aliphatic carboxylic acids is 1. The second kappa shape index (κ2) is 11.3. The summed E-state index contributed by atoms with van der Waals surface area (Å²) < 4.78 is 0. The molecular formula is C21H31N5O4. The lowest BCUT2D eigenvalue weighted by atomic mass is 9.94. The second-order valence-corrected chi connectivity index (χ2v) is 7.68. The van der Waals surface area contributed by atoms with Crippen molar-refractivity contribution in [2.75, 3.05) is 6.54 Å². The molecule has 0 bridgehead atoms. The number of benzene rings is 1. The van der Waals surface area contributed by atoms with E-state index in [0.29, 0.717) is 19.4 Å². The molecule has 0 spiro atoms. The molecule has 0 heterocycles. The number of carboxylic acid groups (broad SMARTS) is 1. The van der Waals surface area contributed by atoms with E-state index in [1.807, 2.05) is 24.3 Å². The van der Waals surface area contributed by atoms with E-state index in [4.69, 9.17) is 26.8 Å². The Morgan fingerprint density at radius 3 is 2.70 bits per heavy atom. The van der Waals surface area contributed by atoms with Crippen molar-refractivity contribution < 1.29 is 19.5 Å². The van der Waals surface area contributed by atoms with E-state index in [2.05, 4.69) is 10.5 Å². The number of oxime groups is 1. The van der Waals surface area contributed by atoms with Gasteiger partial charge in [-0.25, -0.2) is 4.79 Å². The molecule has 1 saturated carbocycles. The number of carboxylic acids is 1. The summed E-state index contributed by atoms with van der Waals surface area (Å²) in [6.45, 7) is 2.13. The maximum absolute atomic E-state index is 12.1. The summed E-state index contributed by atoms with van der Waals surface area (Å²) in [5.74, 6) is -1.87. The Labute approximate surface area is 176 Å². The highest BCUT2D eigenvalue weighted by Crippen LogP contribution is 2.27. The molecule has 1 aromatic carbocycles. The zero-order chi connectivity index (χ0) is 22.1. The van der Waals surface area contributed by atoms with Gasteiger partial charge in [-0.15, -0.1) is 0 Å². The van der Waals surface area contributed by atoms with Crippen LogP contribution in [0, 0.1) is 11.3 Å². The lowest BCUT2D eigenvalue weighted by Gasteiger charge is -2.13. The van der Waals surface area contributed by atoms with Crippen LogP contribution in [0.5, 0.6) is 0 Å². The molecule has 0 radical (unpaired) electrons. The van der Waals surface area contributed by atoms with Crippen molar-refractivity contribution in [2.45, 2.75) is 57.4 Å². The van der Waals surface area contributed by atoms with Gasteiger partial charge in [-0.05, 0) is 56.6 Å². The average Bonchev–Trinajstić information content (AvgIpc) is 3.15. The normalized spacial score (nSPS) is 19.3. The topological polar surface area (TPSA) is 164 Å². The lowest BCUT2D eigenvalue weighted by molar-refractivity contribution is -0.145. The summed E-state index contributed by atoms with van der Waals surface area (Å²) in [5.41, 5.74) is 13.8. The van der Waals surface area contributed by atoms with Crippen molar-refractivity contribution in [3.05, 3.63) is 35.4 Å². The third kappa shape index (κ3) is 7.14. The Hall–Kier alpha value is -2.94. The van der Waals surface area contributed by atoms with Gasteiger partial charge in [-0.3, -0.25) is 10.2 Å². The summed E-state index contributed by atoms with van der Waals surface area (Å²) >= 11 is 0. The van der Waals surface area contributed by atoms with Crippen molar-refractivity contribution in [2.24, 2.45) is 22.5 Å². The van der Waals surface area contributed by atoms with Crippen LogP contribution in [0.1, 0.15) is 56.1 Å². The van der Waals surface area contributed by atoms with Crippen LogP contribution in [0.25, 0.3) is 0 Å². The predicted molar refractivity (Wildman–Crippen MR) is 114 cm³/mol. The average molecular weight is 418 g/mol. The van der Waals surface area contributed by atoms with Crippen molar-refractivity contribution in [3.63, 3.8) is 0 Å². The predicted octanol–water partition coefficient (Wildman–Crippen LogP) is 1.71. The molecule has 3 atom stereocenters. The van der Waals surface area contributed by atoms with Gasteiger partial charge in [-0.2, -0.15) is 0 Å². The standard InChI is InChI=1S/C21H31N5O4/c1-13(19(27)28)15-9-7-14(8-10-15)12-16-4-2-6-18(16)26-30-20(29)17(22)5-3-11-25-21(23)24/h7-10,13,16-17H,2-6,11-12,22H2,1H3,(H,27,28)(H4,23,24,25)/t13?,16?,17-/m0/s1. The van der Waals surface area contributed by atoms with Gasteiger partial charge in [0.05, 0.1) is 11.6 Å². The molecule has 0 aromatic heterocycles. The molecule has 164 valence electrons. The number of hydrogen-bond acceptors (Lipinski definition) is 6. The van der Waals surface area contributed by atoms with E-state index < -0.39 is 23.9 Å². The first-order valence-electron chi connectivity index (χ1n) is 10.2. The Kier molecular flexibility index (Phi) is 8.79. The van der Waals surface area contributed by atoms with Crippen LogP contribution in [-0.4, -0.2) is 41.3 Å². The minimum atomic E-state index is -0.844. The van der Waals surface area contributed by atoms with E-state index in [0.717, 1.165) is 42.5 Å². The fraction of sp³-hybridized carbons (Fsp3) is 0.524. The SMILES string of the molecule is CC(C(=O)O)c1ccc(CC2CCCC2=NOC(=O)[C@@H](N)CCCNC(=N)N)cc1. The highest BCUT2D eigenvalue weighted by Gasteiger charge is 2.25. The monoisotopic (exact) mass is 417 g/mol. The molecule has 0 saturated heterocycles. The number of nitrogens with two attached hydrogens (primary N) is 2. The summed E-state index contributed by atoms with van der Waals surface area (Å²) in [4.78, 5) is 28.2. The molecule has 7 N–H and O–H groups in total. The number of hydrogen-bond donors (Lipinski definition) is 5. The van der Waals surface area contributed by atoms with Gasteiger partial charge in [0.1, 0.15) is 6.04 Å². The van der Waals surface area contributed by atoms with Gasteiger partial charge in [-0.1, -0.05) is 29.4 Å². The van der Waals surface area contributed by atoms with Crippen molar-refractivity contribution in [1.82, 2.24) is 5.32 Å². The molecule has 1 fully saturated rings. The molecule has 9 nitrogen and oxygen atoms in total. The smallest absolute Gasteiger partial charge is 0.351 e. The molecule has 0 amide bonds. The quantitative estimate of drug-likeness (QED) is 0.127. The zero-order valence-corrected chi connectivity index (χ0v) is 17.3. The largest absolute Gasteiger partial charge is 0.481 e. The highest BCUT2D eigenvalue weighted by molar-refractivity contribution is 5.89. The lowest BCUT2D eigenvalue weighted by Crippen LogP contribution is -2.34. The van der Waals surface area contributed by atoms with Crippen LogP contribution >= 0.6 is 0 Å². The Morgan fingerprint density at radius 2 is 2.07 bits per heavy atom. The van der Waals surface area contributed by atoms with Crippen LogP contribution in [0.15, 0.2) is 29.4 Å². The number of carbonyl (C=O) groups excluding carboxylic acids is 1. The third-order valence-corrected chi connectivity index (χ3v) is 5.35. The number of carbonyl (C=O) groups is 2. The fourth-order valence-electron chi connectivity index (χ4n) is 3.44. The summed E-state index contributed by atoms with van der Waals surface area (Å²) in [6.07, 6.45) is 4.50. The van der Waals surface area contributed by atoms with E-state index >= 15 is 0 Å². The first-order chi connectivity index (χ1) is 14.3. The first-order valence-corrected chi connectivity index (χ1v) is 10.2. The van der Waals surface area contributed by atoms with Crippen molar-refractivity contribution in [3.8, 4) is 0 Å². The summed E-state index contributed by atoms with van der Waals surface area (Å²) in [7, 11) is 0. The molecule has 1 aromatic rings. The van der Waals surface area contributed by atoms with Gasteiger partial charge >= 0.3 is 11.9 Å². The molecule has 9 heteroatoms. The van der Waals surface area contributed by atoms with Gasteiger partial charge in [0.15, 0.2) is 5.96 Å². The van der Waals surface area contributed by atoms with Crippen LogP contribution < -0.4 is 16.8 Å². The van der Waals surface area contributed by atoms with Crippen LogP contribution in [0.2, 0.25) is 0 Å². The van der Waals surface area contributed by atoms with Crippen LogP contribution in [-0.2, 0) is 20.8 Å². The minimum Gasteiger partial charge on any atom is -0.481 e. The maximum Gasteiger partial charge on any atom is 0.351 e. The second-order valence-electron chi connectivity index (χ2n) is 7.68. The van der Waals surface area contributed by atoms with Crippen molar-refractivity contribution >= 4 is 23.6 Å². The van der Waals surface area contributed by atoms with E-state index in [1.165, 1.54) is 0 Å². The van der Waals surface area contributed by atoms with E-state index in [1.54, 1.807) is 6.92 Å². The molecule has 30 heavy (non-hydrogen) atoms. The van der Waals surface area contributed by atoms with Crippen molar-refractivity contribution in [1.29, 1.82) is 5.41 Å². The fourth-order valence-corrected chi connectivity index (χ4v) is 3.44. The third-order valence-electron chi connectivity index (χ3n) is 5.35. The van der Waals surface area contributed by atoms with Gasteiger partial charge in [0.25, 0.3) is 0 Å². The van der Waals surface area contributed by atoms with E-state index in [9.17, 15) is 9.59 Å². The number of guanidine groups is 1. The Bertz CT molecular complexity index is 778. The van der Waals surface area contributed by atoms with E-state index in [-0.39, 0.29) is 11.9 Å². The zero-order valence-electron chi connectivity index (χ0n) is 17.3. The Balaban J connectivity index is 1.86. The molecule has 2 unspecified atom stereocenters. The van der Waals surface area contributed by atoms with Crippen LogP contribution in [0.3, 0.4) is 0 Å². The molecular weight excluding hydrogens is 386 g/mol. The van der Waals surface area contributed by atoms with Gasteiger partial charge in [0.2, 0.25) is 0 Å². The summed E-state index contributed by atoms with van der Waals surface area (Å²) in [5, 5.41) is 22.9.